The molecule has 1 fully saturated rings. The van der Waals surface area contributed by atoms with Crippen LogP contribution in [0, 0.1) is 0 Å². The van der Waals surface area contributed by atoms with E-state index >= 15 is 0 Å². The molecule has 18 heavy (non-hydrogen) atoms. The summed E-state index contributed by atoms with van der Waals surface area (Å²) in [6, 6.07) is 2.75. The summed E-state index contributed by atoms with van der Waals surface area (Å²) in [5.41, 5.74) is 5.87. The van der Waals surface area contributed by atoms with Crippen LogP contribution in [-0.2, 0) is 0 Å². The molecule has 0 bridgehead atoms. The van der Waals surface area contributed by atoms with Crippen molar-refractivity contribution in [3.63, 3.8) is 0 Å². The Labute approximate surface area is 108 Å². The van der Waals surface area contributed by atoms with Gasteiger partial charge in [0.1, 0.15) is 12.1 Å². The summed E-state index contributed by atoms with van der Waals surface area (Å²) in [5, 5.41) is 0. The van der Waals surface area contributed by atoms with Gasteiger partial charge in [0.2, 0.25) is 5.88 Å². The van der Waals surface area contributed by atoms with Crippen molar-refractivity contribution < 1.29 is 4.74 Å². The molecule has 2 unspecified atom stereocenters. The Morgan fingerprint density at radius 2 is 2.28 bits per heavy atom. The first-order valence-electron chi connectivity index (χ1n) is 6.69. The van der Waals surface area contributed by atoms with E-state index in [9.17, 15) is 0 Å². The van der Waals surface area contributed by atoms with Gasteiger partial charge in [-0.05, 0) is 33.1 Å². The van der Waals surface area contributed by atoms with Crippen molar-refractivity contribution in [1.29, 1.82) is 0 Å². The molecule has 0 saturated carbocycles. The van der Waals surface area contributed by atoms with Crippen LogP contribution < -0.4 is 15.4 Å². The third-order valence-corrected chi connectivity index (χ3v) is 3.48. The largest absolute Gasteiger partial charge is 0.478 e. The molecule has 1 saturated heterocycles. The highest BCUT2D eigenvalue weighted by molar-refractivity contribution is 5.43. The molecule has 0 aromatic carbocycles. The highest BCUT2D eigenvalue weighted by Crippen LogP contribution is 2.28. The van der Waals surface area contributed by atoms with Gasteiger partial charge in [0.25, 0.3) is 0 Å². The van der Waals surface area contributed by atoms with E-state index in [0.717, 1.165) is 12.2 Å². The first kappa shape index (κ1) is 13.1. The molecular formula is C13H22N4O. The summed E-state index contributed by atoms with van der Waals surface area (Å²) in [5.74, 6) is 1.56. The van der Waals surface area contributed by atoms with Gasteiger partial charge in [-0.1, -0.05) is 0 Å². The fraction of sp³-hybridized carbons (Fsp3) is 0.692. The number of nitrogens with zero attached hydrogens (tertiary/aromatic N) is 3. The van der Waals surface area contributed by atoms with E-state index in [1.54, 1.807) is 6.33 Å². The second-order valence-corrected chi connectivity index (χ2v) is 4.72. The van der Waals surface area contributed by atoms with Gasteiger partial charge in [0, 0.05) is 24.7 Å². The SMILES string of the molecule is CCOc1cc(N2C(C)CCCC2CN)ncn1. The van der Waals surface area contributed by atoms with Gasteiger partial charge in [-0.25, -0.2) is 9.97 Å². The van der Waals surface area contributed by atoms with E-state index in [-0.39, 0.29) is 0 Å². The van der Waals surface area contributed by atoms with Crippen LogP contribution in [0.15, 0.2) is 12.4 Å². The molecule has 1 aliphatic heterocycles. The molecule has 2 rings (SSSR count). The highest BCUT2D eigenvalue weighted by atomic mass is 16.5. The van der Waals surface area contributed by atoms with E-state index in [4.69, 9.17) is 10.5 Å². The lowest BCUT2D eigenvalue weighted by Crippen LogP contribution is -2.49. The van der Waals surface area contributed by atoms with Gasteiger partial charge in [0.15, 0.2) is 0 Å². The fourth-order valence-electron chi connectivity index (χ4n) is 2.63. The lowest BCUT2D eigenvalue weighted by molar-refractivity contribution is 0.325. The molecule has 5 nitrogen and oxygen atoms in total. The smallest absolute Gasteiger partial charge is 0.218 e. The van der Waals surface area contributed by atoms with Crippen molar-refractivity contribution in [2.24, 2.45) is 5.73 Å². The minimum absolute atomic E-state index is 0.373. The molecule has 2 heterocycles. The molecule has 100 valence electrons. The molecule has 0 spiro atoms. The van der Waals surface area contributed by atoms with E-state index in [2.05, 4.69) is 21.8 Å². The van der Waals surface area contributed by atoms with Crippen LogP contribution >= 0.6 is 0 Å². The molecule has 2 atom stereocenters. The molecular weight excluding hydrogens is 228 g/mol. The number of anilines is 1. The van der Waals surface area contributed by atoms with Crippen molar-refractivity contribution in [3.05, 3.63) is 12.4 Å². The number of piperidine rings is 1. The van der Waals surface area contributed by atoms with Gasteiger partial charge >= 0.3 is 0 Å². The second kappa shape index (κ2) is 6.00. The number of nitrogens with two attached hydrogens (primary N) is 1. The minimum Gasteiger partial charge on any atom is -0.478 e. The van der Waals surface area contributed by atoms with E-state index < -0.39 is 0 Å². The Balaban J connectivity index is 2.23. The fourth-order valence-corrected chi connectivity index (χ4v) is 2.63. The van der Waals surface area contributed by atoms with Crippen molar-refractivity contribution >= 4 is 5.82 Å². The number of hydrogen-bond acceptors (Lipinski definition) is 5. The zero-order valence-electron chi connectivity index (χ0n) is 11.2. The van der Waals surface area contributed by atoms with E-state index in [1.807, 2.05) is 13.0 Å². The average molecular weight is 250 g/mol. The lowest BCUT2D eigenvalue weighted by atomic mass is 9.96. The monoisotopic (exact) mass is 250 g/mol. The number of ether oxygens (including phenoxy) is 1. The van der Waals surface area contributed by atoms with Gasteiger partial charge in [-0.15, -0.1) is 0 Å². The van der Waals surface area contributed by atoms with E-state index in [0.29, 0.717) is 31.1 Å². The predicted molar refractivity (Wildman–Crippen MR) is 71.8 cm³/mol. The molecule has 0 amide bonds. The zero-order valence-corrected chi connectivity index (χ0v) is 11.2. The normalized spacial score (nSPS) is 24.1. The van der Waals surface area contributed by atoms with Gasteiger partial charge in [-0.2, -0.15) is 0 Å². The maximum Gasteiger partial charge on any atom is 0.218 e. The minimum atomic E-state index is 0.373. The van der Waals surface area contributed by atoms with Crippen LogP contribution in [0.3, 0.4) is 0 Å². The zero-order chi connectivity index (χ0) is 13.0. The highest BCUT2D eigenvalue weighted by Gasteiger charge is 2.28. The Bertz CT molecular complexity index is 385. The van der Waals surface area contributed by atoms with Crippen molar-refractivity contribution in [3.8, 4) is 5.88 Å². The first-order chi connectivity index (χ1) is 8.76. The van der Waals surface area contributed by atoms with Crippen molar-refractivity contribution in [2.45, 2.75) is 45.2 Å². The van der Waals surface area contributed by atoms with Crippen molar-refractivity contribution in [1.82, 2.24) is 9.97 Å². The van der Waals surface area contributed by atoms with Crippen LogP contribution in [0.2, 0.25) is 0 Å². The van der Waals surface area contributed by atoms with E-state index in [1.165, 1.54) is 12.8 Å². The molecule has 1 aromatic heterocycles. The summed E-state index contributed by atoms with van der Waals surface area (Å²) >= 11 is 0. The summed E-state index contributed by atoms with van der Waals surface area (Å²) in [6.07, 6.45) is 5.12. The molecule has 0 radical (unpaired) electrons. The molecule has 1 aliphatic rings. The molecule has 2 N–H and O–H groups in total. The standard InChI is InChI=1S/C13H22N4O/c1-3-18-13-7-12(15-9-16-13)17-10(2)5-4-6-11(17)8-14/h7,9-11H,3-6,8,14H2,1-2H3. The Kier molecular flexibility index (Phi) is 4.36. The quantitative estimate of drug-likeness (QED) is 0.879. The molecule has 5 heteroatoms. The Hall–Kier alpha value is -1.36. The first-order valence-corrected chi connectivity index (χ1v) is 6.69. The van der Waals surface area contributed by atoms with Crippen molar-refractivity contribution in [2.75, 3.05) is 18.1 Å². The Morgan fingerprint density at radius 3 is 3.00 bits per heavy atom. The van der Waals surface area contributed by atoms with Crippen LogP contribution in [0.1, 0.15) is 33.1 Å². The van der Waals surface area contributed by atoms with Gasteiger partial charge in [0.05, 0.1) is 6.61 Å². The van der Waals surface area contributed by atoms with Crippen LogP contribution in [0.5, 0.6) is 5.88 Å². The number of hydrogen-bond donors (Lipinski definition) is 1. The number of rotatable bonds is 4. The average Bonchev–Trinajstić information content (AvgIpc) is 2.39. The molecule has 1 aromatic rings. The predicted octanol–water partition coefficient (Wildman–Crippen LogP) is 1.58. The second-order valence-electron chi connectivity index (χ2n) is 4.72. The van der Waals surface area contributed by atoms with Gasteiger partial charge < -0.3 is 15.4 Å². The lowest BCUT2D eigenvalue weighted by Gasteiger charge is -2.41. The summed E-state index contributed by atoms with van der Waals surface area (Å²) in [6.45, 7) is 5.46. The maximum absolute atomic E-state index is 5.87. The topological polar surface area (TPSA) is 64.3 Å². The summed E-state index contributed by atoms with van der Waals surface area (Å²) < 4.78 is 5.43. The Morgan fingerprint density at radius 1 is 1.44 bits per heavy atom. The van der Waals surface area contributed by atoms with Crippen LogP contribution in [-0.4, -0.2) is 35.2 Å². The number of aromatic nitrogens is 2. The van der Waals surface area contributed by atoms with Crippen LogP contribution in [0.4, 0.5) is 5.82 Å². The van der Waals surface area contributed by atoms with Crippen LogP contribution in [0.25, 0.3) is 0 Å². The maximum atomic E-state index is 5.87. The molecule has 0 aliphatic carbocycles. The third kappa shape index (κ3) is 2.72. The summed E-state index contributed by atoms with van der Waals surface area (Å²) in [7, 11) is 0. The third-order valence-electron chi connectivity index (χ3n) is 3.48. The summed E-state index contributed by atoms with van der Waals surface area (Å²) in [4.78, 5) is 10.8. The van der Waals surface area contributed by atoms with Gasteiger partial charge in [-0.3, -0.25) is 0 Å².